The molecule has 1 atom stereocenters. The van der Waals surface area contributed by atoms with Gasteiger partial charge >= 0.3 is 0 Å². The van der Waals surface area contributed by atoms with Crippen LogP contribution in [0.3, 0.4) is 0 Å². The van der Waals surface area contributed by atoms with Crippen LogP contribution in [0.15, 0.2) is 0 Å². The summed E-state index contributed by atoms with van der Waals surface area (Å²) in [5, 5.41) is 6.22. The normalized spacial score (nSPS) is 30.0. The molecule has 5 heteroatoms. The van der Waals surface area contributed by atoms with Crippen molar-refractivity contribution in [3.05, 3.63) is 0 Å². The van der Waals surface area contributed by atoms with Crippen LogP contribution in [-0.4, -0.2) is 24.8 Å². The van der Waals surface area contributed by atoms with Crippen molar-refractivity contribution in [3.8, 4) is 0 Å². The van der Waals surface area contributed by atoms with Crippen LogP contribution in [0.1, 0.15) is 32.1 Å². The molecule has 1 saturated heterocycles. The lowest BCUT2D eigenvalue weighted by molar-refractivity contribution is -0.123. The maximum absolute atomic E-state index is 11.1. The third-order valence-electron chi connectivity index (χ3n) is 2.81. The van der Waals surface area contributed by atoms with Gasteiger partial charge in [-0.25, -0.2) is 10.9 Å². The molecule has 2 aliphatic rings. The Hall–Kier alpha value is -0.650. The highest BCUT2D eigenvalue weighted by molar-refractivity contribution is 5.78. The maximum Gasteiger partial charge on any atom is 0.237 e. The van der Waals surface area contributed by atoms with Crippen LogP contribution in [-0.2, 0) is 4.79 Å². The molecule has 0 aromatic rings. The Labute approximate surface area is 84.0 Å². The van der Waals surface area contributed by atoms with E-state index in [9.17, 15) is 4.79 Å². The van der Waals surface area contributed by atoms with E-state index in [4.69, 9.17) is 0 Å². The summed E-state index contributed by atoms with van der Waals surface area (Å²) >= 11 is 0. The van der Waals surface area contributed by atoms with Gasteiger partial charge in [0.1, 0.15) is 6.29 Å². The molecule has 1 amide bonds. The van der Waals surface area contributed by atoms with E-state index < -0.39 is 0 Å². The lowest BCUT2D eigenvalue weighted by atomic mass is 9.95. The van der Waals surface area contributed by atoms with Gasteiger partial charge in [-0.15, -0.1) is 0 Å². The SMILES string of the molecule is O=C1CNNC(NC2CCCCC2)N1. The summed E-state index contributed by atoms with van der Waals surface area (Å²) in [7, 11) is 0. The summed E-state index contributed by atoms with van der Waals surface area (Å²) in [4.78, 5) is 11.1. The van der Waals surface area contributed by atoms with E-state index in [-0.39, 0.29) is 12.2 Å². The second-order valence-corrected chi connectivity index (χ2v) is 4.00. The first-order chi connectivity index (χ1) is 6.84. The Morgan fingerprint density at radius 3 is 2.71 bits per heavy atom. The van der Waals surface area contributed by atoms with E-state index in [2.05, 4.69) is 21.5 Å². The van der Waals surface area contributed by atoms with E-state index in [1.165, 1.54) is 32.1 Å². The average Bonchev–Trinajstić information content (AvgIpc) is 2.19. The summed E-state index contributed by atoms with van der Waals surface area (Å²) in [6, 6.07) is 0.543. The van der Waals surface area contributed by atoms with Crippen molar-refractivity contribution in [1.82, 2.24) is 21.5 Å². The summed E-state index contributed by atoms with van der Waals surface area (Å²) < 4.78 is 0. The van der Waals surface area contributed by atoms with Crippen LogP contribution < -0.4 is 21.5 Å². The van der Waals surface area contributed by atoms with Gasteiger partial charge in [0.15, 0.2) is 0 Å². The van der Waals surface area contributed by atoms with E-state index >= 15 is 0 Å². The molecule has 5 nitrogen and oxygen atoms in total. The number of carbonyl (C=O) groups is 1. The summed E-state index contributed by atoms with van der Waals surface area (Å²) in [5.74, 6) is 0.0389. The van der Waals surface area contributed by atoms with Crippen LogP contribution in [0.25, 0.3) is 0 Å². The molecule has 1 unspecified atom stereocenters. The molecular formula is C9H18N4O. The number of hydrogen-bond acceptors (Lipinski definition) is 4. The molecule has 1 aliphatic heterocycles. The first kappa shape index (κ1) is 9.89. The molecule has 1 heterocycles. The monoisotopic (exact) mass is 198 g/mol. The molecule has 0 aromatic carbocycles. The van der Waals surface area contributed by atoms with Crippen molar-refractivity contribution in [2.24, 2.45) is 0 Å². The second kappa shape index (κ2) is 4.72. The van der Waals surface area contributed by atoms with Crippen LogP contribution >= 0.6 is 0 Å². The molecule has 2 fully saturated rings. The Morgan fingerprint density at radius 1 is 1.21 bits per heavy atom. The molecule has 0 radical (unpaired) electrons. The largest absolute Gasteiger partial charge is 0.326 e. The van der Waals surface area contributed by atoms with E-state index in [0.29, 0.717) is 12.6 Å². The lowest BCUT2D eigenvalue weighted by Gasteiger charge is -2.32. The Bertz CT molecular complexity index is 203. The fourth-order valence-electron chi connectivity index (χ4n) is 2.07. The van der Waals surface area contributed by atoms with Gasteiger partial charge < -0.3 is 5.32 Å². The minimum atomic E-state index is -0.112. The van der Waals surface area contributed by atoms with Gasteiger partial charge in [-0.3, -0.25) is 10.1 Å². The molecular weight excluding hydrogens is 180 g/mol. The third-order valence-corrected chi connectivity index (χ3v) is 2.81. The smallest absolute Gasteiger partial charge is 0.237 e. The van der Waals surface area contributed by atoms with Crippen molar-refractivity contribution in [2.45, 2.75) is 44.4 Å². The Kier molecular flexibility index (Phi) is 3.34. The maximum atomic E-state index is 11.1. The van der Waals surface area contributed by atoms with Crippen molar-refractivity contribution < 1.29 is 4.79 Å². The quantitative estimate of drug-likeness (QED) is 0.479. The van der Waals surface area contributed by atoms with Crippen LogP contribution in [0, 0.1) is 0 Å². The minimum absolute atomic E-state index is 0.0389. The predicted molar refractivity (Wildman–Crippen MR) is 53.1 cm³/mol. The van der Waals surface area contributed by atoms with Gasteiger partial charge in [-0.05, 0) is 12.8 Å². The van der Waals surface area contributed by atoms with E-state index in [1.54, 1.807) is 0 Å². The fourth-order valence-corrected chi connectivity index (χ4v) is 2.07. The van der Waals surface area contributed by atoms with Crippen molar-refractivity contribution in [3.63, 3.8) is 0 Å². The van der Waals surface area contributed by atoms with Crippen molar-refractivity contribution in [1.29, 1.82) is 0 Å². The molecule has 0 bridgehead atoms. The van der Waals surface area contributed by atoms with Gasteiger partial charge in [0.05, 0.1) is 6.54 Å². The summed E-state index contributed by atoms with van der Waals surface area (Å²) in [6.07, 6.45) is 6.26. The highest BCUT2D eigenvalue weighted by atomic mass is 16.2. The third kappa shape index (κ3) is 2.67. The Morgan fingerprint density at radius 2 is 2.00 bits per heavy atom. The number of amides is 1. The highest BCUT2D eigenvalue weighted by Gasteiger charge is 2.21. The van der Waals surface area contributed by atoms with Crippen LogP contribution in [0.5, 0.6) is 0 Å². The van der Waals surface area contributed by atoms with Gasteiger partial charge in [-0.1, -0.05) is 19.3 Å². The van der Waals surface area contributed by atoms with Crippen LogP contribution in [0.2, 0.25) is 0 Å². The average molecular weight is 198 g/mol. The highest BCUT2D eigenvalue weighted by Crippen LogP contribution is 2.17. The fraction of sp³-hybridized carbons (Fsp3) is 0.889. The Balaban J connectivity index is 1.75. The van der Waals surface area contributed by atoms with Crippen molar-refractivity contribution >= 4 is 5.91 Å². The zero-order valence-corrected chi connectivity index (χ0v) is 8.31. The lowest BCUT2D eigenvalue weighted by Crippen LogP contribution is -2.67. The van der Waals surface area contributed by atoms with Gasteiger partial charge in [-0.2, -0.15) is 0 Å². The zero-order valence-electron chi connectivity index (χ0n) is 8.31. The number of carbonyl (C=O) groups excluding carboxylic acids is 1. The first-order valence-electron chi connectivity index (χ1n) is 5.38. The van der Waals surface area contributed by atoms with E-state index in [0.717, 1.165) is 0 Å². The first-order valence-corrected chi connectivity index (χ1v) is 5.38. The number of hydrogen-bond donors (Lipinski definition) is 4. The topological polar surface area (TPSA) is 65.2 Å². The number of nitrogens with one attached hydrogen (secondary N) is 4. The number of hydrazine groups is 1. The molecule has 4 N–H and O–H groups in total. The minimum Gasteiger partial charge on any atom is -0.326 e. The molecule has 1 saturated carbocycles. The van der Waals surface area contributed by atoms with Gasteiger partial charge in [0.2, 0.25) is 5.91 Å². The van der Waals surface area contributed by atoms with Gasteiger partial charge in [0.25, 0.3) is 0 Å². The van der Waals surface area contributed by atoms with E-state index in [1.807, 2.05) is 0 Å². The molecule has 14 heavy (non-hydrogen) atoms. The molecule has 80 valence electrons. The summed E-state index contributed by atoms with van der Waals surface area (Å²) in [5.41, 5.74) is 5.85. The molecule has 0 spiro atoms. The zero-order chi connectivity index (χ0) is 9.80. The van der Waals surface area contributed by atoms with Crippen LogP contribution in [0.4, 0.5) is 0 Å². The van der Waals surface area contributed by atoms with Gasteiger partial charge in [0, 0.05) is 6.04 Å². The standard InChI is InChI=1S/C9H18N4O/c14-8-6-10-13-9(12-8)11-7-4-2-1-3-5-7/h7,9-11,13H,1-6H2,(H,12,14). The molecule has 0 aromatic heterocycles. The second-order valence-electron chi connectivity index (χ2n) is 4.00. The number of rotatable bonds is 2. The predicted octanol–water partition coefficient (Wildman–Crippen LogP) is -0.584. The summed E-state index contributed by atoms with van der Waals surface area (Å²) in [6.45, 7) is 0.350. The molecule has 2 rings (SSSR count). The van der Waals surface area contributed by atoms with Crippen molar-refractivity contribution in [2.75, 3.05) is 6.54 Å². The molecule has 1 aliphatic carbocycles.